The van der Waals surface area contributed by atoms with Gasteiger partial charge in [0, 0.05) is 0 Å². The van der Waals surface area contributed by atoms with Gasteiger partial charge < -0.3 is 4.74 Å². The third kappa shape index (κ3) is 1.39. The maximum atomic E-state index is 5.79. The lowest BCUT2D eigenvalue weighted by Gasteiger charge is -2.20. The van der Waals surface area contributed by atoms with Crippen molar-refractivity contribution in [2.75, 3.05) is 0 Å². The molecule has 2 aromatic carbocycles. The Morgan fingerprint density at radius 1 is 0.800 bits per heavy atom. The fourth-order valence-electron chi connectivity index (χ4n) is 1.61. The van der Waals surface area contributed by atoms with Crippen molar-refractivity contribution in [2.24, 2.45) is 0 Å². The smallest absolute Gasteiger partial charge is 0.141 e. The van der Waals surface area contributed by atoms with Crippen LogP contribution in [0.1, 0.15) is 0 Å². The predicted octanol–water partition coefficient (Wildman–Crippen LogP) is 3.29. The SMILES string of the molecule is S=S1c2ccccc2Oc2ccccc21. The van der Waals surface area contributed by atoms with Crippen molar-refractivity contribution < 1.29 is 4.74 Å². The highest BCUT2D eigenvalue weighted by atomic mass is 32.8. The molecule has 1 nitrogen and oxygen atoms in total. The number of ether oxygens (including phenoxy) is 1. The number of rotatable bonds is 0. The second-order valence-electron chi connectivity index (χ2n) is 3.26. The highest BCUT2D eigenvalue weighted by molar-refractivity contribution is 8.29. The van der Waals surface area contributed by atoms with Gasteiger partial charge >= 0.3 is 0 Å². The van der Waals surface area contributed by atoms with E-state index >= 15 is 0 Å². The van der Waals surface area contributed by atoms with E-state index in [2.05, 4.69) is 0 Å². The second kappa shape index (κ2) is 3.43. The molecule has 0 spiro atoms. The molecule has 1 heterocycles. The largest absolute Gasteiger partial charge is 0.455 e. The highest BCUT2D eigenvalue weighted by Crippen LogP contribution is 2.39. The number of benzene rings is 2. The van der Waals surface area contributed by atoms with Crippen LogP contribution < -0.4 is 4.74 Å². The van der Waals surface area contributed by atoms with E-state index in [1.165, 1.54) is 0 Å². The fourth-order valence-corrected chi connectivity index (χ4v) is 3.66. The van der Waals surface area contributed by atoms with Crippen molar-refractivity contribution in [1.82, 2.24) is 0 Å². The Bertz CT molecular complexity index is 501. The van der Waals surface area contributed by atoms with Crippen LogP contribution in [-0.4, -0.2) is 0 Å². The maximum Gasteiger partial charge on any atom is 0.141 e. The number of hydrogen-bond acceptors (Lipinski definition) is 2. The van der Waals surface area contributed by atoms with E-state index in [0.717, 1.165) is 21.3 Å². The number of para-hydroxylation sites is 2. The molecule has 0 fully saturated rings. The molecule has 3 heteroatoms. The molecule has 0 saturated heterocycles. The molecule has 0 bridgehead atoms. The van der Waals surface area contributed by atoms with Gasteiger partial charge in [0.05, 0.1) is 9.79 Å². The Labute approximate surface area is 95.3 Å². The van der Waals surface area contributed by atoms with E-state index in [4.69, 9.17) is 15.9 Å². The number of hydrogen-bond donors (Lipinski definition) is 0. The van der Waals surface area contributed by atoms with Crippen molar-refractivity contribution in [3.05, 3.63) is 48.5 Å². The summed E-state index contributed by atoms with van der Waals surface area (Å²) < 4.78 is 5.79. The molecular weight excluding hydrogens is 224 g/mol. The molecule has 1 aliphatic heterocycles. The zero-order chi connectivity index (χ0) is 10.3. The zero-order valence-corrected chi connectivity index (χ0v) is 9.48. The third-order valence-electron chi connectivity index (χ3n) is 2.32. The summed E-state index contributed by atoms with van der Waals surface area (Å²) in [5.41, 5.74) is 0. The minimum atomic E-state index is -0.282. The average molecular weight is 232 g/mol. The first kappa shape index (κ1) is 9.07. The first-order chi connectivity index (χ1) is 7.36. The summed E-state index contributed by atoms with van der Waals surface area (Å²) in [5.74, 6) is 1.80. The summed E-state index contributed by atoms with van der Waals surface area (Å²) in [6, 6.07) is 16.0. The highest BCUT2D eigenvalue weighted by Gasteiger charge is 2.19. The van der Waals surface area contributed by atoms with E-state index < -0.39 is 0 Å². The monoisotopic (exact) mass is 232 g/mol. The van der Waals surface area contributed by atoms with E-state index in [1.807, 2.05) is 48.5 Å². The summed E-state index contributed by atoms with van der Waals surface area (Å²) in [6.07, 6.45) is 0. The molecular formula is C12H8OS2. The van der Waals surface area contributed by atoms with Crippen LogP contribution in [0.5, 0.6) is 11.5 Å². The van der Waals surface area contributed by atoms with Crippen LogP contribution in [0, 0.1) is 0 Å². The van der Waals surface area contributed by atoms with Gasteiger partial charge in [0.1, 0.15) is 11.5 Å². The van der Waals surface area contributed by atoms with Gasteiger partial charge in [-0.05, 0) is 35.5 Å². The van der Waals surface area contributed by atoms with Crippen LogP contribution in [0.25, 0.3) is 0 Å². The zero-order valence-electron chi connectivity index (χ0n) is 7.84. The summed E-state index contributed by atoms with van der Waals surface area (Å²) >= 11 is 5.55. The van der Waals surface area contributed by atoms with Crippen molar-refractivity contribution in [3.8, 4) is 11.5 Å². The van der Waals surface area contributed by atoms with Gasteiger partial charge in [-0.25, -0.2) is 0 Å². The molecule has 0 aliphatic carbocycles. The van der Waals surface area contributed by atoms with Gasteiger partial charge in [-0.1, -0.05) is 33.7 Å². The van der Waals surface area contributed by atoms with Crippen molar-refractivity contribution >= 4 is 20.6 Å². The van der Waals surface area contributed by atoms with Crippen LogP contribution in [-0.2, 0) is 20.6 Å². The van der Waals surface area contributed by atoms with Crippen LogP contribution in [0.3, 0.4) is 0 Å². The molecule has 0 saturated carbocycles. The lowest BCUT2D eigenvalue weighted by Crippen LogP contribution is -2.03. The molecule has 3 rings (SSSR count). The fraction of sp³-hybridized carbons (Fsp3) is 0. The molecule has 15 heavy (non-hydrogen) atoms. The van der Waals surface area contributed by atoms with E-state index in [0.29, 0.717) is 0 Å². The van der Waals surface area contributed by atoms with Crippen molar-refractivity contribution in [3.63, 3.8) is 0 Å². The maximum absolute atomic E-state index is 5.79. The lowest BCUT2D eigenvalue weighted by molar-refractivity contribution is 0.454. The van der Waals surface area contributed by atoms with Crippen LogP contribution in [0.4, 0.5) is 0 Å². The van der Waals surface area contributed by atoms with E-state index in [-0.39, 0.29) is 9.45 Å². The average Bonchev–Trinajstić information content (AvgIpc) is 2.30. The normalized spacial score (nSPS) is 13.9. The third-order valence-corrected chi connectivity index (χ3v) is 4.87. The van der Waals surface area contributed by atoms with Crippen LogP contribution in [0.15, 0.2) is 58.3 Å². The van der Waals surface area contributed by atoms with Gasteiger partial charge in [-0.15, -0.1) is 0 Å². The Morgan fingerprint density at radius 2 is 1.27 bits per heavy atom. The van der Waals surface area contributed by atoms with Gasteiger partial charge in [0.2, 0.25) is 0 Å². The summed E-state index contributed by atoms with van der Waals surface area (Å²) in [6.45, 7) is 0. The summed E-state index contributed by atoms with van der Waals surface area (Å²) in [4.78, 5) is 2.23. The Hall–Kier alpha value is -1.19. The van der Waals surface area contributed by atoms with Gasteiger partial charge in [-0.2, -0.15) is 0 Å². The molecule has 0 amide bonds. The molecule has 0 N–H and O–H groups in total. The standard InChI is InChI=1S/C12H8OS2/c14-15-11-7-3-1-5-9(11)13-10-6-2-4-8-12(10)15/h1-8H. The lowest BCUT2D eigenvalue weighted by atomic mass is 10.3. The Morgan fingerprint density at radius 3 is 1.80 bits per heavy atom. The predicted molar refractivity (Wildman–Crippen MR) is 64.2 cm³/mol. The molecule has 0 radical (unpaired) electrons. The van der Waals surface area contributed by atoms with Crippen molar-refractivity contribution in [2.45, 2.75) is 9.79 Å². The van der Waals surface area contributed by atoms with Crippen LogP contribution in [0.2, 0.25) is 0 Å². The Kier molecular flexibility index (Phi) is 2.08. The molecule has 0 aromatic heterocycles. The first-order valence-electron chi connectivity index (χ1n) is 4.64. The van der Waals surface area contributed by atoms with E-state index in [9.17, 15) is 0 Å². The summed E-state index contributed by atoms with van der Waals surface area (Å²) in [7, 11) is -0.282. The van der Waals surface area contributed by atoms with Gasteiger partial charge in [-0.3, -0.25) is 0 Å². The minimum Gasteiger partial charge on any atom is -0.455 e. The first-order valence-corrected chi connectivity index (χ1v) is 6.79. The summed E-state index contributed by atoms with van der Waals surface area (Å²) in [5, 5.41) is 0. The molecule has 74 valence electrons. The second-order valence-corrected chi connectivity index (χ2v) is 5.68. The quantitative estimate of drug-likeness (QED) is 0.588. The topological polar surface area (TPSA) is 9.23 Å². The molecule has 0 unspecified atom stereocenters. The van der Waals surface area contributed by atoms with Gasteiger partial charge in [0.15, 0.2) is 0 Å². The number of fused-ring (bicyclic) bond motifs is 2. The van der Waals surface area contributed by atoms with Gasteiger partial charge in [0.25, 0.3) is 0 Å². The molecule has 0 atom stereocenters. The van der Waals surface area contributed by atoms with E-state index in [1.54, 1.807) is 0 Å². The Balaban J connectivity index is 2.24. The molecule has 2 aromatic rings. The minimum absolute atomic E-state index is 0.282. The van der Waals surface area contributed by atoms with Crippen LogP contribution >= 0.6 is 0 Å². The molecule has 1 aliphatic rings. The van der Waals surface area contributed by atoms with Crippen molar-refractivity contribution in [1.29, 1.82) is 0 Å².